The van der Waals surface area contributed by atoms with Crippen molar-refractivity contribution in [1.29, 1.82) is 0 Å². The number of nitrogens with one attached hydrogen (secondary N) is 2. The first-order valence-corrected chi connectivity index (χ1v) is 8.12. The van der Waals surface area contributed by atoms with Crippen molar-refractivity contribution in [3.63, 3.8) is 0 Å². The molecule has 21 heavy (non-hydrogen) atoms. The minimum Gasteiger partial charge on any atom is -0.380 e. The van der Waals surface area contributed by atoms with E-state index in [1.807, 2.05) is 6.92 Å². The van der Waals surface area contributed by atoms with Gasteiger partial charge in [-0.3, -0.25) is 4.99 Å². The normalized spacial score (nSPS) is 20.0. The molecule has 2 N–H and O–H groups in total. The molecule has 0 bridgehead atoms. The maximum absolute atomic E-state index is 5.33. The lowest BCUT2D eigenvalue weighted by Gasteiger charge is -2.31. The van der Waals surface area contributed by atoms with Gasteiger partial charge in [-0.25, -0.2) is 0 Å². The summed E-state index contributed by atoms with van der Waals surface area (Å²) in [5.41, 5.74) is 0. The average molecular weight is 412 g/mol. The molecule has 126 valence electrons. The largest absolute Gasteiger partial charge is 0.380 e. The fourth-order valence-corrected chi connectivity index (χ4v) is 2.54. The number of nitrogens with zero attached hydrogens (tertiary/aromatic N) is 2. The van der Waals surface area contributed by atoms with Crippen LogP contribution in [0.15, 0.2) is 4.99 Å². The van der Waals surface area contributed by atoms with E-state index in [9.17, 15) is 0 Å². The van der Waals surface area contributed by atoms with Crippen LogP contribution in [-0.4, -0.2) is 63.3 Å². The van der Waals surface area contributed by atoms with E-state index in [1.165, 1.54) is 25.9 Å². The van der Waals surface area contributed by atoms with Gasteiger partial charge in [-0.05, 0) is 45.7 Å². The molecule has 0 aromatic rings. The average Bonchev–Trinajstić information content (AvgIpc) is 2.49. The molecule has 0 saturated carbocycles. The molecule has 1 rings (SSSR count). The number of guanidine groups is 1. The Bertz CT molecular complexity index is 276. The topological polar surface area (TPSA) is 48.9 Å². The zero-order chi connectivity index (χ0) is 14.6. The summed E-state index contributed by atoms with van der Waals surface area (Å²) in [6.45, 7) is 14.1. The van der Waals surface area contributed by atoms with Gasteiger partial charge < -0.3 is 20.3 Å². The molecule has 0 aromatic heterocycles. The van der Waals surface area contributed by atoms with Gasteiger partial charge in [0.05, 0.1) is 6.61 Å². The van der Waals surface area contributed by atoms with E-state index in [-0.39, 0.29) is 24.0 Å². The highest BCUT2D eigenvalue weighted by Gasteiger charge is 2.18. The molecule has 0 aliphatic carbocycles. The first kappa shape index (κ1) is 20.9. The summed E-state index contributed by atoms with van der Waals surface area (Å²) in [6, 6.07) is 0. The minimum absolute atomic E-state index is 0. The highest BCUT2D eigenvalue weighted by Crippen LogP contribution is 2.16. The summed E-state index contributed by atoms with van der Waals surface area (Å²) >= 11 is 0. The van der Waals surface area contributed by atoms with Crippen molar-refractivity contribution in [2.75, 3.05) is 52.5 Å². The summed E-state index contributed by atoms with van der Waals surface area (Å²) in [4.78, 5) is 7.24. The van der Waals surface area contributed by atoms with Crippen molar-refractivity contribution in [2.45, 2.75) is 33.6 Å². The van der Waals surface area contributed by atoms with Crippen LogP contribution in [0.1, 0.15) is 33.6 Å². The Morgan fingerprint density at radius 1 is 1.29 bits per heavy atom. The Morgan fingerprint density at radius 3 is 2.76 bits per heavy atom. The summed E-state index contributed by atoms with van der Waals surface area (Å²) in [5, 5.41) is 6.61. The Labute approximate surface area is 147 Å². The number of piperidine rings is 1. The number of rotatable bonds is 8. The van der Waals surface area contributed by atoms with Gasteiger partial charge in [-0.2, -0.15) is 0 Å². The molecule has 5 nitrogen and oxygen atoms in total. The highest BCUT2D eigenvalue weighted by molar-refractivity contribution is 14.0. The molecule has 0 radical (unpaired) electrons. The quantitative estimate of drug-likeness (QED) is 0.277. The molecule has 0 aromatic carbocycles. The number of ether oxygens (including phenoxy) is 1. The second-order valence-corrected chi connectivity index (χ2v) is 5.24. The highest BCUT2D eigenvalue weighted by atomic mass is 127. The standard InChI is InChI=1S/C15H32N4O.HI/c1-4-16-15(17-9-11-20-6-3)18-12-14-8-7-10-19(5-2)13-14;/h14H,4-13H2,1-3H3,(H2,16,17,18);1H. The molecule has 0 spiro atoms. The predicted molar refractivity (Wildman–Crippen MR) is 101 cm³/mol. The van der Waals surface area contributed by atoms with Crippen molar-refractivity contribution in [2.24, 2.45) is 10.9 Å². The Morgan fingerprint density at radius 2 is 2.10 bits per heavy atom. The van der Waals surface area contributed by atoms with E-state index in [0.29, 0.717) is 5.92 Å². The molecular weight excluding hydrogens is 379 g/mol. The van der Waals surface area contributed by atoms with Crippen molar-refractivity contribution in [3.05, 3.63) is 0 Å². The Kier molecular flexibility index (Phi) is 13.5. The molecule has 1 aliphatic rings. The monoisotopic (exact) mass is 412 g/mol. The van der Waals surface area contributed by atoms with E-state index < -0.39 is 0 Å². The van der Waals surface area contributed by atoms with Crippen LogP contribution in [0, 0.1) is 5.92 Å². The molecule has 1 saturated heterocycles. The van der Waals surface area contributed by atoms with E-state index in [2.05, 4.69) is 29.4 Å². The summed E-state index contributed by atoms with van der Waals surface area (Å²) in [7, 11) is 0. The van der Waals surface area contributed by atoms with Gasteiger partial charge in [0.15, 0.2) is 5.96 Å². The Hall–Kier alpha value is -0.0800. The zero-order valence-electron chi connectivity index (χ0n) is 13.9. The van der Waals surface area contributed by atoms with Crippen LogP contribution in [0.3, 0.4) is 0 Å². The van der Waals surface area contributed by atoms with Crippen molar-refractivity contribution >= 4 is 29.9 Å². The van der Waals surface area contributed by atoms with Crippen LogP contribution in [-0.2, 0) is 4.74 Å². The van der Waals surface area contributed by atoms with Gasteiger partial charge >= 0.3 is 0 Å². The molecule has 1 aliphatic heterocycles. The second-order valence-electron chi connectivity index (χ2n) is 5.24. The summed E-state index contributed by atoms with van der Waals surface area (Å²) < 4.78 is 5.33. The van der Waals surface area contributed by atoms with Gasteiger partial charge in [0.1, 0.15) is 0 Å². The molecule has 0 amide bonds. The van der Waals surface area contributed by atoms with E-state index in [1.54, 1.807) is 0 Å². The lowest BCUT2D eigenvalue weighted by atomic mass is 9.98. The lowest BCUT2D eigenvalue weighted by molar-refractivity contribution is 0.152. The maximum Gasteiger partial charge on any atom is 0.191 e. The van der Waals surface area contributed by atoms with Gasteiger partial charge in [0.2, 0.25) is 0 Å². The van der Waals surface area contributed by atoms with Crippen molar-refractivity contribution in [3.8, 4) is 0 Å². The first-order valence-electron chi connectivity index (χ1n) is 8.12. The zero-order valence-corrected chi connectivity index (χ0v) is 16.2. The molecule has 1 heterocycles. The Balaban J connectivity index is 0.00000400. The van der Waals surface area contributed by atoms with Gasteiger partial charge in [0.25, 0.3) is 0 Å². The van der Waals surface area contributed by atoms with Crippen LogP contribution in [0.2, 0.25) is 0 Å². The van der Waals surface area contributed by atoms with Crippen LogP contribution in [0.4, 0.5) is 0 Å². The third-order valence-electron chi connectivity index (χ3n) is 3.65. The van der Waals surface area contributed by atoms with E-state index in [4.69, 9.17) is 9.73 Å². The molecule has 1 unspecified atom stereocenters. The number of aliphatic imine (C=N–C) groups is 1. The van der Waals surface area contributed by atoms with Crippen LogP contribution < -0.4 is 10.6 Å². The van der Waals surface area contributed by atoms with Crippen LogP contribution >= 0.6 is 24.0 Å². The van der Waals surface area contributed by atoms with Crippen LogP contribution in [0.5, 0.6) is 0 Å². The smallest absolute Gasteiger partial charge is 0.191 e. The third kappa shape index (κ3) is 9.52. The third-order valence-corrected chi connectivity index (χ3v) is 3.65. The van der Waals surface area contributed by atoms with Gasteiger partial charge in [-0.15, -0.1) is 24.0 Å². The fourth-order valence-electron chi connectivity index (χ4n) is 2.54. The molecular formula is C15H33IN4O. The van der Waals surface area contributed by atoms with Crippen molar-refractivity contribution < 1.29 is 4.74 Å². The van der Waals surface area contributed by atoms with Crippen molar-refractivity contribution in [1.82, 2.24) is 15.5 Å². The van der Waals surface area contributed by atoms with Crippen LogP contribution in [0.25, 0.3) is 0 Å². The number of hydrogen-bond acceptors (Lipinski definition) is 3. The fraction of sp³-hybridized carbons (Fsp3) is 0.933. The van der Waals surface area contributed by atoms with Gasteiger partial charge in [-0.1, -0.05) is 6.92 Å². The lowest BCUT2D eigenvalue weighted by Crippen LogP contribution is -2.40. The van der Waals surface area contributed by atoms with E-state index >= 15 is 0 Å². The summed E-state index contributed by atoms with van der Waals surface area (Å²) in [5.74, 6) is 1.62. The molecule has 1 fully saturated rings. The molecule has 6 heteroatoms. The SMILES string of the molecule is CCNC(=NCC1CCCN(CC)C1)NCCOCC.I. The second kappa shape index (κ2) is 13.6. The number of likely N-dealkylation sites (tertiary alicyclic amines) is 1. The maximum atomic E-state index is 5.33. The summed E-state index contributed by atoms with van der Waals surface area (Å²) in [6.07, 6.45) is 2.61. The minimum atomic E-state index is 0. The predicted octanol–water partition coefficient (Wildman–Crippen LogP) is 1.93. The first-order chi connectivity index (χ1) is 9.80. The molecule has 1 atom stereocenters. The van der Waals surface area contributed by atoms with E-state index in [0.717, 1.165) is 45.4 Å². The number of halogens is 1. The van der Waals surface area contributed by atoms with Gasteiger partial charge in [0, 0.05) is 32.8 Å². The number of hydrogen-bond donors (Lipinski definition) is 2.